The first kappa shape index (κ1) is 18.3. The molecular weight excluding hydrogens is 318 g/mol. The SMILES string of the molecule is CC(C)(C)[Si](OCCNCS)(c1ccccc1)c1ccccc1. The summed E-state index contributed by atoms with van der Waals surface area (Å²) in [5.41, 5.74) is 0. The van der Waals surface area contributed by atoms with E-state index < -0.39 is 8.32 Å². The van der Waals surface area contributed by atoms with Gasteiger partial charge in [-0.15, -0.1) is 0 Å². The summed E-state index contributed by atoms with van der Waals surface area (Å²) >= 11 is 4.21. The molecule has 0 radical (unpaired) electrons. The topological polar surface area (TPSA) is 21.3 Å². The van der Waals surface area contributed by atoms with Gasteiger partial charge in [-0.2, -0.15) is 12.6 Å². The highest BCUT2D eigenvalue weighted by Gasteiger charge is 2.49. The molecule has 0 bridgehead atoms. The van der Waals surface area contributed by atoms with E-state index in [-0.39, 0.29) is 5.04 Å². The molecule has 2 aromatic carbocycles. The van der Waals surface area contributed by atoms with Gasteiger partial charge in [0.1, 0.15) is 0 Å². The van der Waals surface area contributed by atoms with Crippen LogP contribution in [0.5, 0.6) is 0 Å². The first-order valence-electron chi connectivity index (χ1n) is 8.09. The van der Waals surface area contributed by atoms with Crippen molar-refractivity contribution in [3.05, 3.63) is 60.7 Å². The van der Waals surface area contributed by atoms with Crippen molar-refractivity contribution in [3.63, 3.8) is 0 Å². The Bertz CT molecular complexity index is 544. The molecule has 0 aromatic heterocycles. The first-order chi connectivity index (χ1) is 11.0. The molecule has 2 nitrogen and oxygen atoms in total. The Morgan fingerprint density at radius 3 is 1.78 bits per heavy atom. The van der Waals surface area contributed by atoms with Crippen LogP contribution in [0.25, 0.3) is 0 Å². The summed E-state index contributed by atoms with van der Waals surface area (Å²) in [7, 11) is -2.36. The summed E-state index contributed by atoms with van der Waals surface area (Å²) < 4.78 is 6.71. The highest BCUT2D eigenvalue weighted by Crippen LogP contribution is 2.36. The third-order valence-electron chi connectivity index (χ3n) is 4.13. The molecular formula is C19H27NOSSi. The maximum atomic E-state index is 6.71. The van der Waals surface area contributed by atoms with Crippen molar-refractivity contribution in [3.8, 4) is 0 Å². The van der Waals surface area contributed by atoms with Gasteiger partial charge in [-0.1, -0.05) is 81.4 Å². The predicted octanol–water partition coefficient (Wildman–Crippen LogP) is 3.04. The Hall–Kier alpha value is -1.07. The lowest BCUT2D eigenvalue weighted by Crippen LogP contribution is -2.66. The summed E-state index contributed by atoms with van der Waals surface area (Å²) in [4.78, 5) is 0. The van der Waals surface area contributed by atoms with Gasteiger partial charge in [-0.25, -0.2) is 0 Å². The average Bonchev–Trinajstić information content (AvgIpc) is 2.55. The normalized spacial score (nSPS) is 12.3. The van der Waals surface area contributed by atoms with Crippen LogP contribution in [-0.2, 0) is 4.43 Å². The van der Waals surface area contributed by atoms with Crippen LogP contribution in [-0.4, -0.2) is 27.3 Å². The van der Waals surface area contributed by atoms with E-state index in [9.17, 15) is 0 Å². The number of thiol groups is 1. The van der Waals surface area contributed by atoms with Crippen molar-refractivity contribution < 1.29 is 4.43 Å². The third-order valence-corrected chi connectivity index (χ3v) is 9.39. The lowest BCUT2D eigenvalue weighted by molar-refractivity contribution is 0.298. The summed E-state index contributed by atoms with van der Waals surface area (Å²) in [6.07, 6.45) is 0. The molecule has 0 amide bonds. The molecule has 0 atom stereocenters. The Labute approximate surface area is 146 Å². The van der Waals surface area contributed by atoms with Crippen molar-refractivity contribution in [2.75, 3.05) is 19.0 Å². The third kappa shape index (κ3) is 4.07. The largest absolute Gasteiger partial charge is 0.406 e. The number of hydrogen-bond acceptors (Lipinski definition) is 3. The van der Waals surface area contributed by atoms with Crippen LogP contribution in [0.4, 0.5) is 0 Å². The van der Waals surface area contributed by atoms with Crippen LogP contribution >= 0.6 is 12.6 Å². The molecule has 2 aromatic rings. The highest BCUT2D eigenvalue weighted by molar-refractivity contribution is 7.80. The quantitative estimate of drug-likeness (QED) is 0.348. The zero-order valence-electron chi connectivity index (χ0n) is 14.3. The van der Waals surface area contributed by atoms with E-state index in [4.69, 9.17) is 4.43 Å². The molecule has 0 aliphatic carbocycles. The molecule has 0 heterocycles. The van der Waals surface area contributed by atoms with Crippen LogP contribution in [0.2, 0.25) is 5.04 Å². The average molecular weight is 346 g/mol. The van der Waals surface area contributed by atoms with Gasteiger partial charge in [-0.05, 0) is 15.4 Å². The zero-order valence-corrected chi connectivity index (χ0v) is 16.1. The van der Waals surface area contributed by atoms with Crippen LogP contribution in [0.15, 0.2) is 60.7 Å². The van der Waals surface area contributed by atoms with Gasteiger partial charge < -0.3 is 9.74 Å². The van der Waals surface area contributed by atoms with Crippen molar-refractivity contribution in [2.24, 2.45) is 0 Å². The van der Waals surface area contributed by atoms with Crippen molar-refractivity contribution in [2.45, 2.75) is 25.8 Å². The number of benzene rings is 2. The lowest BCUT2D eigenvalue weighted by Gasteiger charge is -2.43. The molecule has 0 saturated carbocycles. The van der Waals surface area contributed by atoms with Crippen molar-refractivity contribution >= 4 is 31.3 Å². The van der Waals surface area contributed by atoms with Gasteiger partial charge >= 0.3 is 0 Å². The molecule has 0 unspecified atom stereocenters. The maximum absolute atomic E-state index is 6.71. The van der Waals surface area contributed by atoms with Crippen LogP contribution in [0, 0.1) is 0 Å². The van der Waals surface area contributed by atoms with Crippen LogP contribution < -0.4 is 15.7 Å². The van der Waals surface area contributed by atoms with E-state index in [1.54, 1.807) is 0 Å². The van der Waals surface area contributed by atoms with Crippen molar-refractivity contribution in [1.29, 1.82) is 0 Å². The van der Waals surface area contributed by atoms with Gasteiger partial charge in [0.05, 0.1) is 0 Å². The zero-order chi connectivity index (χ0) is 16.8. The number of nitrogens with one attached hydrogen (secondary N) is 1. The molecule has 1 N–H and O–H groups in total. The van der Waals surface area contributed by atoms with Crippen LogP contribution in [0.3, 0.4) is 0 Å². The second-order valence-corrected chi connectivity index (χ2v) is 11.3. The smallest absolute Gasteiger partial charge is 0.261 e. The van der Waals surface area contributed by atoms with Gasteiger partial charge in [0.2, 0.25) is 0 Å². The molecule has 0 aliphatic rings. The Morgan fingerprint density at radius 2 is 1.39 bits per heavy atom. The predicted molar refractivity (Wildman–Crippen MR) is 105 cm³/mol. The van der Waals surface area contributed by atoms with Crippen LogP contribution in [0.1, 0.15) is 20.8 Å². The van der Waals surface area contributed by atoms with E-state index in [1.165, 1.54) is 10.4 Å². The molecule has 23 heavy (non-hydrogen) atoms. The van der Waals surface area contributed by atoms with E-state index in [1.807, 2.05) is 0 Å². The maximum Gasteiger partial charge on any atom is 0.261 e. The summed E-state index contributed by atoms with van der Waals surface area (Å²) in [5.74, 6) is 0.671. The summed E-state index contributed by atoms with van der Waals surface area (Å²) in [5, 5.41) is 5.92. The van der Waals surface area contributed by atoms with Gasteiger partial charge in [0.15, 0.2) is 0 Å². The molecule has 124 valence electrons. The number of rotatable bonds is 7. The fourth-order valence-corrected chi connectivity index (χ4v) is 7.84. The monoisotopic (exact) mass is 345 g/mol. The standard InChI is InChI=1S/C19H27NOSSi/c1-19(2,3)23(21-15-14-20-16-22,17-10-6-4-7-11-17)18-12-8-5-9-13-18/h4-13,20,22H,14-16H2,1-3H3. The molecule has 0 fully saturated rings. The fourth-order valence-electron chi connectivity index (χ4n) is 3.12. The van der Waals surface area contributed by atoms with Gasteiger partial charge in [0, 0.05) is 19.0 Å². The van der Waals surface area contributed by atoms with Gasteiger partial charge in [0.25, 0.3) is 8.32 Å². The molecule has 0 saturated heterocycles. The summed E-state index contributed by atoms with van der Waals surface area (Å²) in [6, 6.07) is 21.5. The van der Waals surface area contributed by atoms with E-state index in [2.05, 4.69) is 99.4 Å². The summed E-state index contributed by atoms with van der Waals surface area (Å²) in [6.45, 7) is 8.39. The minimum Gasteiger partial charge on any atom is -0.406 e. The molecule has 0 spiro atoms. The molecule has 4 heteroatoms. The van der Waals surface area contributed by atoms with E-state index >= 15 is 0 Å². The molecule has 0 aliphatic heterocycles. The van der Waals surface area contributed by atoms with E-state index in [0.29, 0.717) is 12.5 Å². The first-order valence-corrected chi connectivity index (χ1v) is 10.6. The molecule has 2 rings (SSSR count). The Morgan fingerprint density at radius 1 is 0.913 bits per heavy atom. The minimum absolute atomic E-state index is 0.0384. The Balaban J connectivity index is 2.51. The fraction of sp³-hybridized carbons (Fsp3) is 0.368. The number of hydrogen-bond donors (Lipinski definition) is 2. The second-order valence-electron chi connectivity index (χ2n) is 6.67. The minimum atomic E-state index is -2.36. The second kappa shape index (κ2) is 8.15. The Kier molecular flexibility index (Phi) is 6.47. The highest BCUT2D eigenvalue weighted by atomic mass is 32.1. The lowest BCUT2D eigenvalue weighted by atomic mass is 10.2. The van der Waals surface area contributed by atoms with Crippen molar-refractivity contribution in [1.82, 2.24) is 5.32 Å². The van der Waals surface area contributed by atoms with E-state index in [0.717, 1.165) is 6.54 Å². The van der Waals surface area contributed by atoms with Gasteiger partial charge in [-0.3, -0.25) is 0 Å².